The van der Waals surface area contributed by atoms with E-state index in [-0.39, 0.29) is 23.6 Å². The van der Waals surface area contributed by atoms with Crippen LogP contribution >= 0.6 is 0 Å². The van der Waals surface area contributed by atoms with Crippen LogP contribution in [0.2, 0.25) is 0 Å². The van der Waals surface area contributed by atoms with Crippen LogP contribution in [0, 0.1) is 0 Å². The number of urea groups is 1. The summed E-state index contributed by atoms with van der Waals surface area (Å²) in [5, 5.41) is 7.79. The molecule has 0 radical (unpaired) electrons. The van der Waals surface area contributed by atoms with Crippen molar-refractivity contribution in [3.05, 3.63) is 23.8 Å². The molecule has 2 aliphatic heterocycles. The standard InChI is InChI=1S/C21H26N4O5/c26-18(24-21(29)22-14-5-2-1-3-6-14)12-30-20(28)13-8-9-16-15(11-13)23-19(27)17-7-4-10-25(16)17/h8-9,11,14,17H,1-7,10,12H2,(H,23,27)(H2,22,24,26,29)/t17-/m1/s1. The maximum absolute atomic E-state index is 12.3. The highest BCUT2D eigenvalue weighted by Crippen LogP contribution is 2.37. The lowest BCUT2D eigenvalue weighted by Gasteiger charge is -2.33. The summed E-state index contributed by atoms with van der Waals surface area (Å²) in [6, 6.07) is 4.30. The number of rotatable bonds is 4. The van der Waals surface area contributed by atoms with Gasteiger partial charge >= 0.3 is 12.0 Å². The molecule has 4 amide bonds. The Labute approximate surface area is 174 Å². The molecule has 0 aromatic heterocycles. The van der Waals surface area contributed by atoms with Crippen molar-refractivity contribution in [2.45, 2.75) is 57.0 Å². The highest BCUT2D eigenvalue weighted by molar-refractivity contribution is 6.05. The molecule has 1 aliphatic carbocycles. The molecule has 1 saturated heterocycles. The minimum atomic E-state index is -0.696. The number of carbonyl (C=O) groups excluding carboxylic acids is 4. The number of hydrogen-bond acceptors (Lipinski definition) is 6. The van der Waals surface area contributed by atoms with E-state index in [9.17, 15) is 19.2 Å². The summed E-state index contributed by atoms with van der Waals surface area (Å²) in [4.78, 5) is 50.4. The quantitative estimate of drug-likeness (QED) is 0.648. The Bertz CT molecular complexity index is 865. The first kappa shape index (κ1) is 20.2. The lowest BCUT2D eigenvalue weighted by Crippen LogP contribution is -2.46. The fourth-order valence-corrected chi connectivity index (χ4v) is 4.40. The van der Waals surface area contributed by atoms with Crippen LogP contribution in [0.15, 0.2) is 18.2 Å². The van der Waals surface area contributed by atoms with Crippen LogP contribution in [-0.2, 0) is 14.3 Å². The van der Waals surface area contributed by atoms with Gasteiger partial charge in [-0.3, -0.25) is 14.9 Å². The molecular weight excluding hydrogens is 388 g/mol. The molecule has 3 N–H and O–H groups in total. The molecule has 0 spiro atoms. The average Bonchev–Trinajstić information content (AvgIpc) is 3.23. The lowest BCUT2D eigenvalue weighted by molar-refractivity contribution is -0.123. The Balaban J connectivity index is 1.29. The van der Waals surface area contributed by atoms with Crippen LogP contribution in [0.4, 0.5) is 16.2 Å². The Morgan fingerprint density at radius 2 is 1.90 bits per heavy atom. The number of nitrogens with zero attached hydrogens (tertiary/aromatic N) is 1. The SMILES string of the molecule is O=C(COC(=O)c1ccc2c(c1)NC(=O)[C@H]1CCCN21)NC(=O)NC1CCCCC1. The first-order chi connectivity index (χ1) is 14.5. The molecule has 9 heteroatoms. The number of benzene rings is 1. The van der Waals surface area contributed by atoms with Gasteiger partial charge in [0.05, 0.1) is 16.9 Å². The van der Waals surface area contributed by atoms with Crippen molar-refractivity contribution in [2.24, 2.45) is 0 Å². The van der Waals surface area contributed by atoms with Gasteiger partial charge in [0.1, 0.15) is 6.04 Å². The van der Waals surface area contributed by atoms with Crippen molar-refractivity contribution in [3.63, 3.8) is 0 Å². The zero-order chi connectivity index (χ0) is 21.1. The van der Waals surface area contributed by atoms with Gasteiger partial charge in [0.2, 0.25) is 5.91 Å². The summed E-state index contributed by atoms with van der Waals surface area (Å²) in [6.07, 6.45) is 6.88. The predicted molar refractivity (Wildman–Crippen MR) is 109 cm³/mol. The number of esters is 1. The first-order valence-corrected chi connectivity index (χ1v) is 10.5. The molecule has 3 aliphatic rings. The minimum Gasteiger partial charge on any atom is -0.452 e. The molecule has 0 unspecified atom stereocenters. The molecule has 1 atom stereocenters. The maximum atomic E-state index is 12.3. The van der Waals surface area contributed by atoms with Gasteiger partial charge in [-0.2, -0.15) is 0 Å². The van der Waals surface area contributed by atoms with Gasteiger partial charge in [0.25, 0.3) is 5.91 Å². The molecule has 160 valence electrons. The molecule has 1 saturated carbocycles. The number of fused-ring (bicyclic) bond motifs is 3. The second-order valence-electron chi connectivity index (χ2n) is 8.01. The molecule has 0 bridgehead atoms. The number of carbonyl (C=O) groups is 4. The fraction of sp³-hybridized carbons (Fsp3) is 0.524. The largest absolute Gasteiger partial charge is 0.452 e. The molecule has 2 heterocycles. The van der Waals surface area contributed by atoms with E-state index in [1.807, 2.05) is 4.90 Å². The van der Waals surface area contributed by atoms with Crippen LogP contribution in [0.1, 0.15) is 55.3 Å². The Morgan fingerprint density at radius 3 is 2.70 bits per heavy atom. The second kappa shape index (κ2) is 8.73. The highest BCUT2D eigenvalue weighted by atomic mass is 16.5. The summed E-state index contributed by atoms with van der Waals surface area (Å²) in [5.41, 5.74) is 1.67. The van der Waals surface area contributed by atoms with Crippen molar-refractivity contribution in [1.29, 1.82) is 0 Å². The van der Waals surface area contributed by atoms with Crippen molar-refractivity contribution in [2.75, 3.05) is 23.4 Å². The normalized spacial score (nSPS) is 20.6. The maximum Gasteiger partial charge on any atom is 0.338 e. The topological polar surface area (TPSA) is 117 Å². The van der Waals surface area contributed by atoms with Crippen LogP contribution in [-0.4, -0.2) is 49.1 Å². The van der Waals surface area contributed by atoms with Crippen molar-refractivity contribution < 1.29 is 23.9 Å². The lowest BCUT2D eigenvalue weighted by atomic mass is 9.96. The highest BCUT2D eigenvalue weighted by Gasteiger charge is 2.36. The third-order valence-corrected chi connectivity index (χ3v) is 5.88. The zero-order valence-corrected chi connectivity index (χ0v) is 16.7. The van der Waals surface area contributed by atoms with Gasteiger partial charge in [-0.25, -0.2) is 9.59 Å². The van der Waals surface area contributed by atoms with E-state index < -0.39 is 24.5 Å². The van der Waals surface area contributed by atoms with E-state index in [0.717, 1.165) is 50.8 Å². The van der Waals surface area contributed by atoms with Gasteiger partial charge in [-0.15, -0.1) is 0 Å². The van der Waals surface area contributed by atoms with E-state index in [2.05, 4.69) is 16.0 Å². The number of amides is 4. The number of anilines is 2. The van der Waals surface area contributed by atoms with E-state index in [1.165, 1.54) is 6.42 Å². The monoisotopic (exact) mass is 414 g/mol. The zero-order valence-electron chi connectivity index (χ0n) is 16.7. The molecule has 2 fully saturated rings. The van der Waals surface area contributed by atoms with Gasteiger partial charge in [-0.05, 0) is 43.9 Å². The van der Waals surface area contributed by atoms with E-state index in [0.29, 0.717) is 5.69 Å². The van der Waals surface area contributed by atoms with Crippen molar-refractivity contribution in [1.82, 2.24) is 10.6 Å². The van der Waals surface area contributed by atoms with Crippen molar-refractivity contribution >= 4 is 35.2 Å². The molecule has 9 nitrogen and oxygen atoms in total. The summed E-state index contributed by atoms with van der Waals surface area (Å²) in [7, 11) is 0. The number of hydrogen-bond donors (Lipinski definition) is 3. The third kappa shape index (κ3) is 4.39. The molecular formula is C21H26N4O5. The summed E-state index contributed by atoms with van der Waals surface area (Å²) < 4.78 is 5.03. The molecule has 1 aromatic rings. The summed E-state index contributed by atoms with van der Waals surface area (Å²) >= 11 is 0. The molecule has 4 rings (SSSR count). The average molecular weight is 414 g/mol. The van der Waals surface area contributed by atoms with Gasteiger partial charge in [-0.1, -0.05) is 19.3 Å². The molecule has 30 heavy (non-hydrogen) atoms. The number of nitrogens with one attached hydrogen (secondary N) is 3. The Hall–Kier alpha value is -3.10. The van der Waals surface area contributed by atoms with Gasteiger partial charge in [0.15, 0.2) is 6.61 Å². The Kier molecular flexibility index (Phi) is 5.87. The van der Waals surface area contributed by atoms with Gasteiger partial charge in [0, 0.05) is 12.6 Å². The van der Waals surface area contributed by atoms with Crippen LogP contribution in [0.5, 0.6) is 0 Å². The van der Waals surface area contributed by atoms with E-state index in [4.69, 9.17) is 4.74 Å². The first-order valence-electron chi connectivity index (χ1n) is 10.5. The minimum absolute atomic E-state index is 0.0751. The third-order valence-electron chi connectivity index (χ3n) is 5.88. The fourth-order valence-electron chi connectivity index (χ4n) is 4.40. The molecule has 1 aromatic carbocycles. The number of ether oxygens (including phenoxy) is 1. The van der Waals surface area contributed by atoms with E-state index >= 15 is 0 Å². The van der Waals surface area contributed by atoms with Crippen LogP contribution in [0.3, 0.4) is 0 Å². The predicted octanol–water partition coefficient (Wildman–Crippen LogP) is 1.92. The van der Waals surface area contributed by atoms with Gasteiger partial charge < -0.3 is 20.3 Å². The van der Waals surface area contributed by atoms with E-state index in [1.54, 1.807) is 18.2 Å². The van der Waals surface area contributed by atoms with Crippen LogP contribution < -0.4 is 20.9 Å². The van der Waals surface area contributed by atoms with Crippen LogP contribution in [0.25, 0.3) is 0 Å². The second-order valence-corrected chi connectivity index (χ2v) is 8.01. The Morgan fingerprint density at radius 1 is 1.10 bits per heavy atom. The summed E-state index contributed by atoms with van der Waals surface area (Å²) in [5.74, 6) is -1.46. The smallest absolute Gasteiger partial charge is 0.338 e. The van der Waals surface area contributed by atoms with Crippen molar-refractivity contribution in [3.8, 4) is 0 Å². The number of imide groups is 1. The summed E-state index contributed by atoms with van der Waals surface area (Å²) in [6.45, 7) is 0.243.